The Morgan fingerprint density at radius 2 is 2.20 bits per heavy atom. The summed E-state index contributed by atoms with van der Waals surface area (Å²) in [5, 5.41) is 7.07. The molecule has 3 heteroatoms. The molecule has 1 aliphatic rings. The molecule has 0 saturated heterocycles. The van der Waals surface area contributed by atoms with Crippen molar-refractivity contribution >= 4 is 39.1 Å². The fourth-order valence-electron chi connectivity index (χ4n) is 2.01. The van der Waals surface area contributed by atoms with Gasteiger partial charge in [-0.3, -0.25) is 0 Å². The van der Waals surface area contributed by atoms with E-state index in [4.69, 9.17) is 0 Å². The van der Waals surface area contributed by atoms with Crippen LogP contribution >= 0.6 is 15.9 Å². The van der Waals surface area contributed by atoms with Gasteiger partial charge in [0.25, 0.3) is 0 Å². The fourth-order valence-corrected chi connectivity index (χ4v) is 2.37. The maximum atomic E-state index is 3.51. The molecule has 0 bridgehead atoms. The van der Waals surface area contributed by atoms with E-state index in [-0.39, 0.29) is 0 Å². The Hall–Kier alpha value is -1.22. The van der Waals surface area contributed by atoms with Gasteiger partial charge in [-0.2, -0.15) is 0 Å². The topological polar surface area (TPSA) is 27.8 Å². The van der Waals surface area contributed by atoms with Gasteiger partial charge in [-0.15, -0.1) is 0 Å². The van der Waals surface area contributed by atoms with Crippen molar-refractivity contribution in [3.63, 3.8) is 0 Å². The minimum Gasteiger partial charge on any atom is -0.389 e. The molecule has 0 saturated carbocycles. The lowest BCUT2D eigenvalue weighted by Gasteiger charge is -1.93. The molecule has 0 fully saturated rings. The Labute approximate surface area is 95.8 Å². The van der Waals surface area contributed by atoms with Gasteiger partial charge in [0.2, 0.25) is 0 Å². The number of aromatic amines is 1. The van der Waals surface area contributed by atoms with E-state index in [2.05, 4.69) is 56.7 Å². The van der Waals surface area contributed by atoms with Crippen molar-refractivity contribution in [2.75, 3.05) is 6.54 Å². The summed E-state index contributed by atoms with van der Waals surface area (Å²) in [5.41, 5.74) is 1.19. The highest BCUT2D eigenvalue weighted by Gasteiger charge is 2.02. The molecule has 0 spiro atoms. The summed E-state index contributed by atoms with van der Waals surface area (Å²) in [4.78, 5) is 3.41. The van der Waals surface area contributed by atoms with E-state index in [1.54, 1.807) is 0 Å². The van der Waals surface area contributed by atoms with Crippen LogP contribution in [-0.4, -0.2) is 11.5 Å². The number of H-pyrrole nitrogens is 1. The van der Waals surface area contributed by atoms with Crippen LogP contribution in [0.1, 0.15) is 6.42 Å². The first kappa shape index (κ1) is 9.04. The normalized spacial score (nSPS) is 14.7. The van der Waals surface area contributed by atoms with E-state index in [0.29, 0.717) is 0 Å². The maximum absolute atomic E-state index is 3.51. The first-order valence-electron chi connectivity index (χ1n) is 5.05. The van der Waals surface area contributed by atoms with Gasteiger partial charge in [0.1, 0.15) is 0 Å². The molecule has 2 heterocycles. The van der Waals surface area contributed by atoms with Gasteiger partial charge >= 0.3 is 0 Å². The average molecular weight is 263 g/mol. The number of nitrogens with one attached hydrogen (secondary N) is 2. The Morgan fingerprint density at radius 3 is 3.13 bits per heavy atom. The Bertz CT molecular complexity index is 625. The zero-order valence-corrected chi connectivity index (χ0v) is 9.76. The third-order valence-electron chi connectivity index (χ3n) is 2.71. The van der Waals surface area contributed by atoms with Crippen molar-refractivity contribution in [3.8, 4) is 0 Å². The van der Waals surface area contributed by atoms with Crippen LogP contribution in [0, 0.1) is 0 Å². The van der Waals surface area contributed by atoms with Crippen molar-refractivity contribution in [1.29, 1.82) is 0 Å². The van der Waals surface area contributed by atoms with Crippen molar-refractivity contribution in [1.82, 2.24) is 10.3 Å². The third kappa shape index (κ3) is 1.47. The molecule has 0 amide bonds. The van der Waals surface area contributed by atoms with E-state index in [9.17, 15) is 0 Å². The van der Waals surface area contributed by atoms with Gasteiger partial charge in [-0.1, -0.05) is 22.0 Å². The summed E-state index contributed by atoms with van der Waals surface area (Å²) < 4.78 is 1.13. The van der Waals surface area contributed by atoms with Gasteiger partial charge in [-0.25, -0.2) is 0 Å². The second kappa shape index (κ2) is 3.42. The number of benzene rings is 1. The Balaban J connectivity index is 2.50. The molecule has 1 aromatic heterocycles. The van der Waals surface area contributed by atoms with Crippen molar-refractivity contribution in [2.45, 2.75) is 6.42 Å². The smallest absolute Gasteiger partial charge is 0.0621 e. The lowest BCUT2D eigenvalue weighted by molar-refractivity contribution is 0.913. The third-order valence-corrected chi connectivity index (χ3v) is 3.21. The number of hydrogen-bond acceptors (Lipinski definition) is 1. The van der Waals surface area contributed by atoms with Gasteiger partial charge in [0.15, 0.2) is 0 Å². The molecule has 1 aliphatic heterocycles. The van der Waals surface area contributed by atoms with E-state index in [1.165, 1.54) is 21.5 Å². The molecule has 2 N–H and O–H groups in total. The average Bonchev–Trinajstić information content (AvgIpc) is 2.44. The zero-order chi connectivity index (χ0) is 10.3. The standard InChI is InChI=1S/C12H11BrN2/c13-8-3-4-11-10(6-8)9-2-1-5-14-7-12(9)15-11/h2-4,6-7,14-15H,1,5H2. The summed E-state index contributed by atoms with van der Waals surface area (Å²) in [7, 11) is 0. The Morgan fingerprint density at radius 1 is 1.27 bits per heavy atom. The highest BCUT2D eigenvalue weighted by Crippen LogP contribution is 2.14. The first-order chi connectivity index (χ1) is 7.34. The molecule has 76 valence electrons. The van der Waals surface area contributed by atoms with Crippen LogP contribution in [0.3, 0.4) is 0 Å². The van der Waals surface area contributed by atoms with Crippen molar-refractivity contribution in [3.05, 3.63) is 33.2 Å². The van der Waals surface area contributed by atoms with Crippen LogP contribution in [0.2, 0.25) is 0 Å². The second-order valence-corrected chi connectivity index (χ2v) is 4.65. The van der Waals surface area contributed by atoms with Crippen molar-refractivity contribution in [2.24, 2.45) is 0 Å². The molecule has 0 atom stereocenters. The van der Waals surface area contributed by atoms with Crippen LogP contribution in [-0.2, 0) is 0 Å². The van der Waals surface area contributed by atoms with Crippen LogP contribution in [0.5, 0.6) is 0 Å². The summed E-state index contributed by atoms with van der Waals surface area (Å²) in [6, 6.07) is 6.33. The highest BCUT2D eigenvalue weighted by atomic mass is 79.9. The predicted molar refractivity (Wildman–Crippen MR) is 66.8 cm³/mol. The van der Waals surface area contributed by atoms with E-state index < -0.39 is 0 Å². The molecule has 1 aromatic carbocycles. The van der Waals surface area contributed by atoms with Gasteiger partial charge in [-0.05, 0) is 24.6 Å². The zero-order valence-electron chi connectivity index (χ0n) is 8.18. The number of fused-ring (bicyclic) bond motifs is 3. The van der Waals surface area contributed by atoms with E-state index >= 15 is 0 Å². The van der Waals surface area contributed by atoms with E-state index in [0.717, 1.165) is 17.4 Å². The van der Waals surface area contributed by atoms with Crippen molar-refractivity contribution < 1.29 is 0 Å². The van der Waals surface area contributed by atoms with Crippen LogP contribution < -0.4 is 15.9 Å². The van der Waals surface area contributed by atoms with Crippen LogP contribution in [0.25, 0.3) is 23.2 Å². The number of hydrogen-bond donors (Lipinski definition) is 2. The highest BCUT2D eigenvalue weighted by molar-refractivity contribution is 9.10. The lowest BCUT2D eigenvalue weighted by atomic mass is 10.2. The Kier molecular flexibility index (Phi) is 2.06. The molecule has 0 radical (unpaired) electrons. The molecular formula is C12H11BrN2. The monoisotopic (exact) mass is 262 g/mol. The first-order valence-corrected chi connectivity index (χ1v) is 5.85. The molecule has 2 nitrogen and oxygen atoms in total. The summed E-state index contributed by atoms with van der Waals surface area (Å²) >= 11 is 3.51. The molecule has 2 aromatic rings. The summed E-state index contributed by atoms with van der Waals surface area (Å²) in [6.07, 6.45) is 5.42. The second-order valence-electron chi connectivity index (χ2n) is 3.73. The summed E-state index contributed by atoms with van der Waals surface area (Å²) in [6.45, 7) is 1.01. The lowest BCUT2D eigenvalue weighted by Crippen LogP contribution is -2.23. The quantitative estimate of drug-likeness (QED) is 0.739. The molecule has 0 unspecified atom stereocenters. The van der Waals surface area contributed by atoms with E-state index in [1.807, 2.05) is 0 Å². The van der Waals surface area contributed by atoms with Crippen LogP contribution in [0.15, 0.2) is 22.7 Å². The van der Waals surface area contributed by atoms with Gasteiger partial charge in [0, 0.05) is 33.3 Å². The summed E-state index contributed by atoms with van der Waals surface area (Å²) in [5.74, 6) is 0. The van der Waals surface area contributed by atoms with Gasteiger partial charge < -0.3 is 10.3 Å². The molecule has 3 rings (SSSR count). The molecule has 0 aliphatic carbocycles. The minimum absolute atomic E-state index is 1.01. The molecule has 15 heavy (non-hydrogen) atoms. The van der Waals surface area contributed by atoms with Crippen LogP contribution in [0.4, 0.5) is 0 Å². The largest absolute Gasteiger partial charge is 0.389 e. The number of aromatic nitrogens is 1. The number of halogens is 1. The maximum Gasteiger partial charge on any atom is 0.0621 e. The predicted octanol–water partition coefficient (Wildman–Crippen LogP) is 1.44. The molecular weight excluding hydrogens is 252 g/mol. The van der Waals surface area contributed by atoms with Gasteiger partial charge in [0.05, 0.1) is 5.35 Å². The SMILES string of the molecule is Brc1ccc2[nH]c3c(c2c1)=CCCNC=3. The fraction of sp³-hybridized carbons (Fsp3) is 0.167. The minimum atomic E-state index is 1.01. The number of rotatable bonds is 0.